The van der Waals surface area contributed by atoms with Crippen molar-refractivity contribution in [2.75, 3.05) is 10.2 Å². The van der Waals surface area contributed by atoms with Crippen LogP contribution in [0.4, 0.5) is 11.4 Å². The fourth-order valence-corrected chi connectivity index (χ4v) is 3.45. The number of hydrogen-bond donors (Lipinski definition) is 1. The van der Waals surface area contributed by atoms with Crippen LogP contribution in [0.2, 0.25) is 0 Å². The van der Waals surface area contributed by atoms with Crippen LogP contribution < -0.4 is 15.0 Å². The number of ether oxygens (including phenoxy) is 1. The number of amides is 3. The molecule has 7 nitrogen and oxygen atoms in total. The minimum atomic E-state index is -0.778. The first kappa shape index (κ1) is 20.6. The van der Waals surface area contributed by atoms with Gasteiger partial charge in [0.1, 0.15) is 17.4 Å². The Morgan fingerprint density at radius 2 is 1.59 bits per heavy atom. The Balaban J connectivity index is 1.71. The van der Waals surface area contributed by atoms with Crippen molar-refractivity contribution in [3.63, 3.8) is 0 Å². The van der Waals surface area contributed by atoms with E-state index in [-0.39, 0.29) is 11.1 Å². The molecule has 0 radical (unpaired) electrons. The summed E-state index contributed by atoms with van der Waals surface area (Å²) in [5.41, 5.74) is 0.524. The Bertz CT molecular complexity index is 1310. The maximum absolute atomic E-state index is 13.1. The van der Waals surface area contributed by atoms with Crippen LogP contribution in [0.5, 0.6) is 11.5 Å². The molecule has 0 unspecified atom stereocenters. The summed E-state index contributed by atoms with van der Waals surface area (Å²) >= 11 is 0. The zero-order valence-corrected chi connectivity index (χ0v) is 17.0. The molecule has 1 N–H and O–H groups in total. The van der Waals surface area contributed by atoms with E-state index < -0.39 is 17.7 Å². The average molecular weight is 423 g/mol. The third-order valence-corrected chi connectivity index (χ3v) is 4.84. The standard InChI is InChI=1S/C25H17N3O4/c1-16(29)28-21-13-7-5-11-18(21)23(25(28)31)19(15-26)24(30)27-20-12-6-8-14-22(20)32-17-9-3-2-4-10-17/h2-14H,1H3,(H,27,30). The normalized spacial score (nSPS) is 13.8. The van der Waals surface area contributed by atoms with Gasteiger partial charge in [-0.1, -0.05) is 48.5 Å². The number of benzene rings is 3. The minimum absolute atomic E-state index is 0.114. The van der Waals surface area contributed by atoms with E-state index >= 15 is 0 Å². The lowest BCUT2D eigenvalue weighted by atomic mass is 10.0. The van der Waals surface area contributed by atoms with Gasteiger partial charge in [0.25, 0.3) is 11.8 Å². The number of anilines is 2. The summed E-state index contributed by atoms with van der Waals surface area (Å²) in [6, 6.07) is 24.2. The Morgan fingerprint density at radius 3 is 2.31 bits per heavy atom. The van der Waals surface area contributed by atoms with Gasteiger partial charge in [-0.15, -0.1) is 0 Å². The third kappa shape index (κ3) is 3.73. The van der Waals surface area contributed by atoms with Gasteiger partial charge in [-0.3, -0.25) is 14.4 Å². The Kier molecular flexibility index (Phi) is 5.51. The van der Waals surface area contributed by atoms with Crippen LogP contribution in [-0.2, 0) is 14.4 Å². The zero-order chi connectivity index (χ0) is 22.7. The number of nitrogens with one attached hydrogen (secondary N) is 1. The van der Waals surface area contributed by atoms with Crippen LogP contribution in [0.15, 0.2) is 84.4 Å². The summed E-state index contributed by atoms with van der Waals surface area (Å²) in [6.07, 6.45) is 0. The molecule has 0 saturated heterocycles. The smallest absolute Gasteiger partial charge is 0.267 e. The van der Waals surface area contributed by atoms with E-state index in [4.69, 9.17) is 4.74 Å². The highest BCUT2D eigenvalue weighted by molar-refractivity contribution is 6.43. The van der Waals surface area contributed by atoms with E-state index in [1.807, 2.05) is 24.3 Å². The highest BCUT2D eigenvalue weighted by atomic mass is 16.5. The van der Waals surface area contributed by atoms with Gasteiger partial charge in [0.05, 0.1) is 16.9 Å². The van der Waals surface area contributed by atoms with Gasteiger partial charge in [0.15, 0.2) is 5.75 Å². The number of carbonyl (C=O) groups is 3. The molecule has 0 aliphatic carbocycles. The second-order valence-corrected chi connectivity index (χ2v) is 6.90. The van der Waals surface area contributed by atoms with E-state index in [1.165, 1.54) is 6.92 Å². The van der Waals surface area contributed by atoms with Crippen LogP contribution in [0.1, 0.15) is 12.5 Å². The monoisotopic (exact) mass is 423 g/mol. The Morgan fingerprint density at radius 1 is 0.938 bits per heavy atom. The van der Waals surface area contributed by atoms with Crippen molar-refractivity contribution in [2.45, 2.75) is 6.92 Å². The zero-order valence-electron chi connectivity index (χ0n) is 17.0. The number of carbonyl (C=O) groups excluding carboxylic acids is 3. The first-order chi connectivity index (χ1) is 15.5. The van der Waals surface area contributed by atoms with Gasteiger partial charge in [-0.2, -0.15) is 5.26 Å². The molecular formula is C25H17N3O4. The molecule has 0 bridgehead atoms. The van der Waals surface area contributed by atoms with Crippen molar-refractivity contribution >= 4 is 34.7 Å². The second-order valence-electron chi connectivity index (χ2n) is 6.90. The topological polar surface area (TPSA) is 99.5 Å². The van der Waals surface area contributed by atoms with Crippen molar-refractivity contribution in [1.82, 2.24) is 0 Å². The molecule has 0 spiro atoms. The van der Waals surface area contributed by atoms with Crippen molar-refractivity contribution in [3.05, 3.63) is 90.0 Å². The summed E-state index contributed by atoms with van der Waals surface area (Å²) in [5, 5.41) is 12.4. The van der Waals surface area contributed by atoms with Gasteiger partial charge in [0, 0.05) is 12.5 Å². The van der Waals surface area contributed by atoms with Gasteiger partial charge < -0.3 is 10.1 Å². The number of hydrogen-bond acceptors (Lipinski definition) is 5. The Labute approximate surface area is 184 Å². The minimum Gasteiger partial charge on any atom is -0.455 e. The first-order valence-electron chi connectivity index (χ1n) is 9.73. The SMILES string of the molecule is CC(=O)N1C(=O)C(=C(C#N)C(=O)Nc2ccccc2Oc2ccccc2)c2ccccc21. The molecular weight excluding hydrogens is 406 g/mol. The fraction of sp³-hybridized carbons (Fsp3) is 0.0400. The van der Waals surface area contributed by atoms with Crippen LogP contribution in [0.3, 0.4) is 0 Å². The number of imide groups is 1. The molecule has 0 fully saturated rings. The highest BCUT2D eigenvalue weighted by Crippen LogP contribution is 2.39. The van der Waals surface area contributed by atoms with Crippen molar-refractivity contribution < 1.29 is 19.1 Å². The fourth-order valence-electron chi connectivity index (χ4n) is 3.45. The van der Waals surface area contributed by atoms with Crippen LogP contribution >= 0.6 is 0 Å². The highest BCUT2D eigenvalue weighted by Gasteiger charge is 2.38. The van der Waals surface area contributed by atoms with Crippen LogP contribution in [-0.4, -0.2) is 17.7 Å². The van der Waals surface area contributed by atoms with Crippen LogP contribution in [0, 0.1) is 11.3 Å². The van der Waals surface area contributed by atoms with Crippen molar-refractivity contribution in [2.24, 2.45) is 0 Å². The molecule has 1 aliphatic rings. The molecule has 0 saturated carbocycles. The van der Waals surface area contributed by atoms with Gasteiger partial charge in [-0.25, -0.2) is 4.90 Å². The van der Waals surface area contributed by atoms with Crippen LogP contribution in [0.25, 0.3) is 5.57 Å². The predicted octanol–water partition coefficient (Wildman–Crippen LogP) is 4.29. The predicted molar refractivity (Wildman–Crippen MR) is 119 cm³/mol. The largest absolute Gasteiger partial charge is 0.455 e. The third-order valence-electron chi connectivity index (χ3n) is 4.84. The number of fused-ring (bicyclic) bond motifs is 1. The first-order valence-corrected chi connectivity index (χ1v) is 9.73. The summed E-state index contributed by atoms with van der Waals surface area (Å²) in [4.78, 5) is 39.0. The summed E-state index contributed by atoms with van der Waals surface area (Å²) in [5.74, 6) is -1.04. The van der Waals surface area contributed by atoms with Gasteiger partial charge >= 0.3 is 0 Å². The molecule has 3 aromatic carbocycles. The van der Waals surface area contributed by atoms with Gasteiger partial charge in [0.2, 0.25) is 5.91 Å². The van der Waals surface area contributed by atoms with E-state index in [9.17, 15) is 19.6 Å². The molecule has 0 atom stereocenters. The molecule has 1 aliphatic heterocycles. The van der Waals surface area contributed by atoms with Crippen molar-refractivity contribution in [3.8, 4) is 17.6 Å². The van der Waals surface area contributed by atoms with E-state index in [1.54, 1.807) is 60.7 Å². The number of nitrogens with zero attached hydrogens (tertiary/aromatic N) is 2. The molecule has 7 heteroatoms. The number of nitriles is 1. The number of para-hydroxylation sites is 4. The lowest BCUT2D eigenvalue weighted by molar-refractivity contribution is -0.122. The number of rotatable bonds is 4. The maximum Gasteiger partial charge on any atom is 0.267 e. The lowest BCUT2D eigenvalue weighted by Gasteiger charge is -2.13. The molecule has 156 valence electrons. The average Bonchev–Trinajstić information content (AvgIpc) is 3.08. The van der Waals surface area contributed by atoms with E-state index in [0.717, 1.165) is 4.90 Å². The maximum atomic E-state index is 13.1. The quantitative estimate of drug-likeness (QED) is 0.499. The second kappa shape index (κ2) is 8.58. The summed E-state index contributed by atoms with van der Waals surface area (Å²) in [7, 11) is 0. The molecule has 3 aromatic rings. The molecule has 4 rings (SSSR count). The Hall–Kier alpha value is -4.70. The molecule has 1 heterocycles. The van der Waals surface area contributed by atoms with Crippen molar-refractivity contribution in [1.29, 1.82) is 5.26 Å². The lowest BCUT2D eigenvalue weighted by Crippen LogP contribution is -2.31. The molecule has 0 aromatic heterocycles. The van der Waals surface area contributed by atoms with Gasteiger partial charge in [-0.05, 0) is 30.3 Å². The molecule has 3 amide bonds. The molecule has 32 heavy (non-hydrogen) atoms. The van der Waals surface area contributed by atoms with E-state index in [0.29, 0.717) is 28.4 Å². The summed E-state index contributed by atoms with van der Waals surface area (Å²) < 4.78 is 5.84. The van der Waals surface area contributed by atoms with E-state index in [2.05, 4.69) is 5.32 Å². The summed E-state index contributed by atoms with van der Waals surface area (Å²) in [6.45, 7) is 1.25.